The minimum absolute atomic E-state index is 0.258. The summed E-state index contributed by atoms with van der Waals surface area (Å²) in [5, 5.41) is 66.8. The molecule has 2 aromatic rings. The van der Waals surface area contributed by atoms with Crippen molar-refractivity contribution >= 4 is 34.1 Å². The number of nitrogens with zero attached hydrogens (tertiary/aromatic N) is 6. The van der Waals surface area contributed by atoms with Gasteiger partial charge in [-0.05, 0) is 6.07 Å². The maximum atomic E-state index is 11.3. The summed E-state index contributed by atoms with van der Waals surface area (Å²) in [6.45, 7) is 0. The van der Waals surface area contributed by atoms with Gasteiger partial charge in [0.25, 0.3) is 11.4 Å². The third kappa shape index (κ3) is 4.08. The van der Waals surface area contributed by atoms with Crippen molar-refractivity contribution in [1.29, 1.82) is 0 Å². The van der Waals surface area contributed by atoms with Crippen LogP contribution in [0.2, 0.25) is 0 Å². The monoisotopic (exact) mass is 440 g/mol. The van der Waals surface area contributed by atoms with E-state index in [1.165, 1.54) is 0 Å². The van der Waals surface area contributed by atoms with Crippen molar-refractivity contribution < 1.29 is 34.3 Å². The lowest BCUT2D eigenvalue weighted by atomic mass is 10.2. The van der Waals surface area contributed by atoms with Crippen LogP contribution in [0.15, 0.2) is 24.3 Å². The second-order valence-corrected chi connectivity index (χ2v) is 5.24. The van der Waals surface area contributed by atoms with Gasteiger partial charge in [-0.1, -0.05) is 0 Å². The number of rotatable bonds is 8. The highest BCUT2D eigenvalue weighted by Gasteiger charge is 2.42. The van der Waals surface area contributed by atoms with Gasteiger partial charge in [-0.25, -0.2) is 0 Å². The average Bonchev–Trinajstić information content (AvgIpc) is 2.66. The Morgan fingerprint density at radius 1 is 0.548 bits per heavy atom. The third-order valence-corrected chi connectivity index (χ3v) is 3.51. The zero-order valence-electron chi connectivity index (χ0n) is 14.3. The minimum atomic E-state index is -1.65. The predicted octanol–water partition coefficient (Wildman–Crippen LogP) is 2.93. The molecule has 0 saturated carbocycles. The van der Waals surface area contributed by atoms with Gasteiger partial charge < -0.3 is 4.74 Å². The molecule has 0 saturated heterocycles. The van der Waals surface area contributed by atoms with Crippen LogP contribution in [0.4, 0.5) is 34.1 Å². The first kappa shape index (κ1) is 21.9. The van der Waals surface area contributed by atoms with Gasteiger partial charge in [-0.2, -0.15) is 0 Å². The molecular weight excluding hydrogens is 436 g/mol. The van der Waals surface area contributed by atoms with E-state index in [2.05, 4.69) is 0 Å². The average molecular weight is 440 g/mol. The van der Waals surface area contributed by atoms with E-state index in [0.29, 0.717) is 12.1 Å². The quantitative estimate of drug-likeness (QED) is 0.422. The highest BCUT2D eigenvalue weighted by Crippen LogP contribution is 2.48. The Morgan fingerprint density at radius 3 is 1.35 bits per heavy atom. The molecule has 31 heavy (non-hydrogen) atoms. The molecule has 0 N–H and O–H groups in total. The maximum absolute atomic E-state index is 11.3. The summed E-state index contributed by atoms with van der Waals surface area (Å²) >= 11 is 0. The molecule has 160 valence electrons. The Bertz CT molecular complexity index is 1160. The molecule has 0 amide bonds. The van der Waals surface area contributed by atoms with Crippen molar-refractivity contribution in [2.24, 2.45) is 0 Å². The van der Waals surface area contributed by atoms with E-state index in [1.54, 1.807) is 0 Å². The lowest BCUT2D eigenvalue weighted by Crippen LogP contribution is -2.05. The standard InChI is InChI=1S/C12H4N6O13/c19-13(20)5-3-7(15(23)24)12(8(4-5)16(25)26)31-9-2-1-6(14(21)22)10(17(27)28)11(9)18(29)30/h1-4H. The topological polar surface area (TPSA) is 268 Å². The molecule has 0 aliphatic rings. The van der Waals surface area contributed by atoms with Gasteiger partial charge in [-0.15, -0.1) is 0 Å². The molecule has 19 nitrogen and oxygen atoms in total. The van der Waals surface area contributed by atoms with Crippen LogP contribution in [0, 0.1) is 60.7 Å². The SMILES string of the molecule is O=[N+]([O-])c1cc([N+](=O)[O-])c(Oc2ccc([N+](=O)[O-])c([N+](=O)[O-])c2[N+](=O)[O-])c([N+](=O)[O-])c1. The van der Waals surface area contributed by atoms with Crippen molar-refractivity contribution in [2.45, 2.75) is 0 Å². The molecule has 0 radical (unpaired) electrons. The van der Waals surface area contributed by atoms with E-state index >= 15 is 0 Å². The van der Waals surface area contributed by atoms with Crippen molar-refractivity contribution in [3.05, 3.63) is 85.0 Å². The molecule has 0 spiro atoms. The summed E-state index contributed by atoms with van der Waals surface area (Å²) in [5.74, 6) is -2.52. The molecule has 0 heterocycles. The second-order valence-electron chi connectivity index (χ2n) is 5.24. The van der Waals surface area contributed by atoms with Crippen LogP contribution in [0.5, 0.6) is 11.5 Å². The van der Waals surface area contributed by atoms with E-state index < -0.39 is 75.2 Å². The summed E-state index contributed by atoms with van der Waals surface area (Å²) in [7, 11) is 0. The summed E-state index contributed by atoms with van der Waals surface area (Å²) in [5.41, 5.74) is -8.42. The fourth-order valence-corrected chi connectivity index (χ4v) is 2.31. The van der Waals surface area contributed by atoms with Gasteiger partial charge in [-0.3, -0.25) is 60.7 Å². The van der Waals surface area contributed by atoms with Crippen molar-refractivity contribution in [1.82, 2.24) is 0 Å². The zero-order valence-corrected chi connectivity index (χ0v) is 14.3. The molecule has 0 aliphatic heterocycles. The highest BCUT2D eigenvalue weighted by molar-refractivity contribution is 5.74. The van der Waals surface area contributed by atoms with Crippen LogP contribution in [0.3, 0.4) is 0 Å². The molecule has 2 rings (SSSR count). The Morgan fingerprint density at radius 2 is 1.00 bits per heavy atom. The predicted molar refractivity (Wildman–Crippen MR) is 92.9 cm³/mol. The number of benzene rings is 2. The third-order valence-electron chi connectivity index (χ3n) is 3.51. The number of non-ortho nitro benzene ring substituents is 1. The molecule has 0 bridgehead atoms. The number of ether oxygens (including phenoxy) is 1. The van der Waals surface area contributed by atoms with Crippen LogP contribution in [0.1, 0.15) is 0 Å². The van der Waals surface area contributed by atoms with Crippen LogP contribution in [-0.2, 0) is 0 Å². The van der Waals surface area contributed by atoms with Gasteiger partial charge in [0.15, 0.2) is 0 Å². The highest BCUT2D eigenvalue weighted by atomic mass is 16.7. The van der Waals surface area contributed by atoms with Gasteiger partial charge in [0.05, 0.1) is 41.7 Å². The number of hydrogen-bond acceptors (Lipinski definition) is 13. The van der Waals surface area contributed by atoms with Crippen molar-refractivity contribution in [3.63, 3.8) is 0 Å². The molecule has 0 atom stereocenters. The lowest BCUT2D eigenvalue weighted by molar-refractivity contribution is -0.441. The fourth-order valence-electron chi connectivity index (χ4n) is 2.31. The van der Waals surface area contributed by atoms with Gasteiger partial charge in [0.1, 0.15) is 0 Å². The molecule has 0 fully saturated rings. The van der Waals surface area contributed by atoms with E-state index in [4.69, 9.17) is 4.74 Å². The van der Waals surface area contributed by atoms with E-state index in [9.17, 15) is 60.7 Å². The van der Waals surface area contributed by atoms with Gasteiger partial charge in [0.2, 0.25) is 5.75 Å². The van der Waals surface area contributed by atoms with Gasteiger partial charge in [0, 0.05) is 6.07 Å². The second kappa shape index (κ2) is 7.94. The lowest BCUT2D eigenvalue weighted by Gasteiger charge is -2.08. The number of nitro benzene ring substituents is 6. The van der Waals surface area contributed by atoms with E-state index in [1.807, 2.05) is 0 Å². The molecule has 0 aliphatic carbocycles. The largest absolute Gasteiger partial charge is 0.436 e. The molecular formula is C12H4N6O13. The first-order chi connectivity index (χ1) is 14.4. The van der Waals surface area contributed by atoms with Crippen molar-refractivity contribution in [2.75, 3.05) is 0 Å². The Balaban J connectivity index is 2.89. The summed E-state index contributed by atoms with van der Waals surface area (Å²) < 4.78 is 4.84. The molecule has 0 aromatic heterocycles. The number of nitro groups is 6. The normalized spacial score (nSPS) is 10.2. The van der Waals surface area contributed by atoms with Crippen LogP contribution in [-0.4, -0.2) is 29.5 Å². The van der Waals surface area contributed by atoms with Crippen LogP contribution in [0.25, 0.3) is 0 Å². The summed E-state index contributed by atoms with van der Waals surface area (Å²) in [6.07, 6.45) is 0. The molecule has 0 unspecified atom stereocenters. The Kier molecular flexibility index (Phi) is 5.62. The zero-order chi connectivity index (χ0) is 23.6. The summed E-state index contributed by atoms with van der Waals surface area (Å²) in [4.78, 5) is 58.7. The number of hydrogen-bond donors (Lipinski definition) is 0. The van der Waals surface area contributed by atoms with Gasteiger partial charge >= 0.3 is 28.4 Å². The molecule has 19 heteroatoms. The Labute approximate surface area is 166 Å². The first-order valence-corrected chi connectivity index (χ1v) is 7.26. The smallest absolute Gasteiger partial charge is 0.426 e. The van der Waals surface area contributed by atoms with Crippen molar-refractivity contribution in [3.8, 4) is 11.5 Å². The van der Waals surface area contributed by atoms with E-state index in [0.717, 1.165) is 0 Å². The minimum Gasteiger partial charge on any atom is -0.436 e. The first-order valence-electron chi connectivity index (χ1n) is 7.26. The van der Waals surface area contributed by atoms with Crippen LogP contribution >= 0.6 is 0 Å². The summed E-state index contributed by atoms with van der Waals surface area (Å²) in [6, 6.07) is 1.38. The van der Waals surface area contributed by atoms with Crippen LogP contribution < -0.4 is 4.74 Å². The maximum Gasteiger partial charge on any atom is 0.426 e. The Hall–Kier alpha value is -5.36. The fraction of sp³-hybridized carbons (Fsp3) is 0. The molecule has 2 aromatic carbocycles. The van der Waals surface area contributed by atoms with E-state index in [-0.39, 0.29) is 12.1 Å².